The summed E-state index contributed by atoms with van der Waals surface area (Å²) in [5.74, 6) is 0.355. The van der Waals surface area contributed by atoms with Gasteiger partial charge in [-0.25, -0.2) is 0 Å². The Balaban J connectivity index is 2.12. The second-order valence-electron chi connectivity index (χ2n) is 5.10. The maximum atomic E-state index is 12.2. The van der Waals surface area contributed by atoms with Crippen molar-refractivity contribution in [1.29, 1.82) is 0 Å². The summed E-state index contributed by atoms with van der Waals surface area (Å²) in [6.45, 7) is 2.15. The first-order valence-electron chi connectivity index (χ1n) is 6.92. The molecule has 2 aromatic carbocycles. The molecular formula is C16H16N2O3S. The van der Waals surface area contributed by atoms with E-state index in [1.165, 1.54) is 0 Å². The Morgan fingerprint density at radius 1 is 1.09 bits per heavy atom. The van der Waals surface area contributed by atoms with Crippen molar-refractivity contribution in [2.45, 2.75) is 11.8 Å². The molecule has 5 nitrogen and oxygen atoms in total. The number of anilines is 1. The van der Waals surface area contributed by atoms with E-state index in [1.807, 2.05) is 31.2 Å². The highest BCUT2D eigenvalue weighted by atomic mass is 32.2. The molecule has 0 saturated carbocycles. The number of benzene rings is 2. The number of fused-ring (bicyclic) bond motifs is 1. The molecular weight excluding hydrogens is 300 g/mol. The highest BCUT2D eigenvalue weighted by molar-refractivity contribution is 7.90. The molecule has 0 unspecified atom stereocenters. The van der Waals surface area contributed by atoms with Crippen LogP contribution in [0.15, 0.2) is 57.8 Å². The summed E-state index contributed by atoms with van der Waals surface area (Å²) >= 11 is 0. The van der Waals surface area contributed by atoms with Crippen molar-refractivity contribution in [3.63, 3.8) is 0 Å². The average molecular weight is 316 g/mol. The minimum atomic E-state index is -3.67. The predicted molar refractivity (Wildman–Crippen MR) is 85.8 cm³/mol. The summed E-state index contributed by atoms with van der Waals surface area (Å²) in [5, 5.41) is 9.34. The number of aryl methyl sites for hydroxylation is 1. The van der Waals surface area contributed by atoms with Crippen LogP contribution in [0.2, 0.25) is 0 Å². The lowest BCUT2D eigenvalue weighted by molar-refractivity contribution is 0.306. The average Bonchev–Trinajstić information content (AvgIpc) is 2.78. The predicted octanol–water partition coefficient (Wildman–Crippen LogP) is 1.94. The minimum Gasteiger partial charge on any atom is -0.395 e. The number of sulfonamides is 1. The molecule has 2 aromatic rings. The first-order chi connectivity index (χ1) is 10.5. The highest BCUT2D eigenvalue weighted by Gasteiger charge is 2.31. The first kappa shape index (κ1) is 14.7. The summed E-state index contributed by atoms with van der Waals surface area (Å²) in [6, 6.07) is 14.4. The van der Waals surface area contributed by atoms with Crippen molar-refractivity contribution < 1.29 is 13.5 Å². The lowest BCUT2D eigenvalue weighted by Crippen LogP contribution is -2.33. The Bertz CT molecular complexity index is 827. The van der Waals surface area contributed by atoms with Crippen LogP contribution in [0.25, 0.3) is 0 Å². The summed E-state index contributed by atoms with van der Waals surface area (Å²) in [5.41, 5.74) is 2.47. The van der Waals surface area contributed by atoms with Gasteiger partial charge in [0.2, 0.25) is 0 Å². The number of aliphatic hydroxyl groups excluding tert-OH is 1. The molecule has 0 bridgehead atoms. The molecule has 0 saturated heterocycles. The van der Waals surface area contributed by atoms with Crippen molar-refractivity contribution in [3.8, 4) is 0 Å². The third-order valence-corrected chi connectivity index (χ3v) is 4.86. The fourth-order valence-electron chi connectivity index (χ4n) is 2.47. The van der Waals surface area contributed by atoms with Crippen LogP contribution in [0.1, 0.15) is 11.1 Å². The van der Waals surface area contributed by atoms with E-state index in [9.17, 15) is 13.5 Å². The van der Waals surface area contributed by atoms with Crippen LogP contribution in [-0.2, 0) is 10.0 Å². The maximum absolute atomic E-state index is 12.2. The molecule has 1 aliphatic heterocycles. The summed E-state index contributed by atoms with van der Waals surface area (Å²) in [6.07, 6.45) is 0. The molecule has 0 fully saturated rings. The van der Waals surface area contributed by atoms with E-state index in [-0.39, 0.29) is 18.0 Å². The molecule has 3 rings (SSSR count). The zero-order chi connectivity index (χ0) is 15.7. The molecule has 1 aliphatic rings. The van der Waals surface area contributed by atoms with Gasteiger partial charge in [-0.2, -0.15) is 8.42 Å². The number of amidine groups is 1. The number of hydrogen-bond donors (Lipinski definition) is 1. The van der Waals surface area contributed by atoms with Gasteiger partial charge in [0.25, 0.3) is 10.0 Å². The van der Waals surface area contributed by atoms with Gasteiger partial charge in [0, 0.05) is 17.8 Å². The van der Waals surface area contributed by atoms with E-state index in [0.29, 0.717) is 11.4 Å². The van der Waals surface area contributed by atoms with E-state index >= 15 is 0 Å². The monoisotopic (exact) mass is 316 g/mol. The van der Waals surface area contributed by atoms with Gasteiger partial charge in [-0.3, -0.25) is 0 Å². The molecule has 1 N–H and O–H groups in total. The van der Waals surface area contributed by atoms with Crippen molar-refractivity contribution >= 4 is 21.5 Å². The van der Waals surface area contributed by atoms with Crippen LogP contribution in [0.3, 0.4) is 0 Å². The van der Waals surface area contributed by atoms with Crippen LogP contribution in [0.4, 0.5) is 5.69 Å². The standard InChI is InChI=1S/C16H16N2O3S/c1-12-6-8-13(9-7-12)18(10-11-19)16-14-4-2-3-5-15(14)22(20,21)17-16/h2-9,19H,10-11H2,1H3. The molecule has 0 aliphatic carbocycles. The van der Waals surface area contributed by atoms with Gasteiger partial charge >= 0.3 is 0 Å². The Morgan fingerprint density at radius 2 is 1.77 bits per heavy atom. The first-order valence-corrected chi connectivity index (χ1v) is 8.36. The molecule has 22 heavy (non-hydrogen) atoms. The number of rotatable bonds is 3. The lowest BCUT2D eigenvalue weighted by atomic mass is 10.1. The fourth-order valence-corrected chi connectivity index (χ4v) is 3.68. The molecule has 0 aromatic heterocycles. The highest BCUT2D eigenvalue weighted by Crippen LogP contribution is 2.29. The zero-order valence-electron chi connectivity index (χ0n) is 12.1. The molecule has 114 valence electrons. The Hall–Kier alpha value is -2.18. The topological polar surface area (TPSA) is 70.0 Å². The second kappa shape index (κ2) is 5.55. The van der Waals surface area contributed by atoms with E-state index in [2.05, 4.69) is 4.40 Å². The molecule has 0 spiro atoms. The van der Waals surface area contributed by atoms with Crippen LogP contribution < -0.4 is 4.90 Å². The van der Waals surface area contributed by atoms with Gasteiger partial charge in [-0.1, -0.05) is 29.8 Å². The van der Waals surface area contributed by atoms with E-state index in [1.54, 1.807) is 29.2 Å². The Labute approximate surface area is 129 Å². The van der Waals surface area contributed by atoms with Crippen LogP contribution in [0.5, 0.6) is 0 Å². The quantitative estimate of drug-likeness (QED) is 0.939. The number of hydrogen-bond acceptors (Lipinski definition) is 4. The smallest absolute Gasteiger partial charge is 0.285 e. The van der Waals surface area contributed by atoms with E-state index in [4.69, 9.17) is 0 Å². The summed E-state index contributed by atoms with van der Waals surface area (Å²) in [7, 11) is -3.67. The molecule has 0 radical (unpaired) electrons. The second-order valence-corrected chi connectivity index (χ2v) is 6.67. The van der Waals surface area contributed by atoms with Gasteiger partial charge in [-0.05, 0) is 31.2 Å². The third-order valence-electron chi connectivity index (χ3n) is 3.54. The molecule has 0 amide bonds. The Kier molecular flexibility index (Phi) is 3.72. The van der Waals surface area contributed by atoms with E-state index < -0.39 is 10.0 Å². The third kappa shape index (κ3) is 2.51. The number of nitrogens with zero attached hydrogens (tertiary/aromatic N) is 2. The zero-order valence-corrected chi connectivity index (χ0v) is 12.9. The van der Waals surface area contributed by atoms with Gasteiger partial charge in [0.05, 0.1) is 6.61 Å². The van der Waals surface area contributed by atoms with Crippen molar-refractivity contribution in [1.82, 2.24) is 0 Å². The summed E-state index contributed by atoms with van der Waals surface area (Å²) in [4.78, 5) is 1.93. The minimum absolute atomic E-state index is 0.102. The van der Waals surface area contributed by atoms with Crippen molar-refractivity contribution in [3.05, 3.63) is 59.7 Å². The van der Waals surface area contributed by atoms with Crippen LogP contribution in [-0.4, -0.2) is 32.5 Å². The van der Waals surface area contributed by atoms with Crippen molar-refractivity contribution in [2.24, 2.45) is 4.40 Å². The normalized spacial score (nSPS) is 15.3. The molecule has 0 atom stereocenters. The van der Waals surface area contributed by atoms with Crippen molar-refractivity contribution in [2.75, 3.05) is 18.1 Å². The van der Waals surface area contributed by atoms with E-state index in [0.717, 1.165) is 11.3 Å². The lowest BCUT2D eigenvalue weighted by Gasteiger charge is -2.23. The van der Waals surface area contributed by atoms with Crippen LogP contribution >= 0.6 is 0 Å². The maximum Gasteiger partial charge on any atom is 0.285 e. The van der Waals surface area contributed by atoms with Gasteiger partial charge in [-0.15, -0.1) is 4.40 Å². The largest absolute Gasteiger partial charge is 0.395 e. The fraction of sp³-hybridized carbons (Fsp3) is 0.188. The van der Waals surface area contributed by atoms with Gasteiger partial charge in [0.1, 0.15) is 4.90 Å². The van der Waals surface area contributed by atoms with Gasteiger partial charge in [0.15, 0.2) is 5.84 Å². The Morgan fingerprint density at radius 3 is 2.45 bits per heavy atom. The summed E-state index contributed by atoms with van der Waals surface area (Å²) < 4.78 is 28.3. The molecule has 6 heteroatoms. The molecule has 1 heterocycles. The van der Waals surface area contributed by atoms with Crippen LogP contribution in [0, 0.1) is 6.92 Å². The number of aliphatic hydroxyl groups is 1. The van der Waals surface area contributed by atoms with Gasteiger partial charge < -0.3 is 10.0 Å². The SMILES string of the molecule is Cc1ccc(N(CCO)C2=NS(=O)(=O)c3ccccc32)cc1.